The summed E-state index contributed by atoms with van der Waals surface area (Å²) in [5, 5.41) is 3.10. The lowest BCUT2D eigenvalue weighted by molar-refractivity contribution is 0.289. The van der Waals surface area contributed by atoms with E-state index in [9.17, 15) is 4.39 Å². The molecule has 0 amide bonds. The van der Waals surface area contributed by atoms with Gasteiger partial charge in [0.1, 0.15) is 6.61 Å². The van der Waals surface area contributed by atoms with E-state index in [-0.39, 0.29) is 11.6 Å². The first-order valence-corrected chi connectivity index (χ1v) is 5.90. The summed E-state index contributed by atoms with van der Waals surface area (Å²) in [6.07, 6.45) is 0. The topological polar surface area (TPSA) is 21.3 Å². The van der Waals surface area contributed by atoms with Gasteiger partial charge in [-0.1, -0.05) is 36.4 Å². The Labute approximate surface area is 106 Å². The van der Waals surface area contributed by atoms with Crippen molar-refractivity contribution in [1.29, 1.82) is 0 Å². The smallest absolute Gasteiger partial charge is 0.165 e. The van der Waals surface area contributed by atoms with E-state index in [0.29, 0.717) is 6.61 Å². The quantitative estimate of drug-likeness (QED) is 0.873. The van der Waals surface area contributed by atoms with Crippen LogP contribution in [0.3, 0.4) is 0 Å². The van der Waals surface area contributed by atoms with E-state index < -0.39 is 0 Å². The fraction of sp³-hybridized carbons (Fsp3) is 0.200. The molecule has 0 bridgehead atoms. The zero-order valence-electron chi connectivity index (χ0n) is 10.3. The standard InChI is InChI=1S/C15H16FNO/c1-17-10-12-6-2-3-7-13(12)11-18-15-9-5-4-8-14(15)16/h2-9,17H,10-11H2,1H3. The number of hydrogen-bond acceptors (Lipinski definition) is 2. The minimum absolute atomic E-state index is 0.289. The molecule has 0 fully saturated rings. The Hall–Kier alpha value is -1.87. The second-order valence-electron chi connectivity index (χ2n) is 4.02. The predicted octanol–water partition coefficient (Wildman–Crippen LogP) is 3.12. The van der Waals surface area contributed by atoms with Crippen LogP contribution < -0.4 is 10.1 Å². The lowest BCUT2D eigenvalue weighted by Crippen LogP contribution is -2.09. The fourth-order valence-corrected chi connectivity index (χ4v) is 1.78. The van der Waals surface area contributed by atoms with Gasteiger partial charge in [0.05, 0.1) is 0 Å². The van der Waals surface area contributed by atoms with E-state index in [1.807, 2.05) is 31.3 Å². The maximum absolute atomic E-state index is 13.4. The number of para-hydroxylation sites is 1. The third kappa shape index (κ3) is 3.08. The first-order valence-electron chi connectivity index (χ1n) is 5.90. The van der Waals surface area contributed by atoms with Crippen LogP contribution in [0.4, 0.5) is 4.39 Å². The molecule has 0 aliphatic rings. The molecule has 0 heterocycles. The van der Waals surface area contributed by atoms with Crippen molar-refractivity contribution in [2.75, 3.05) is 7.05 Å². The monoisotopic (exact) mass is 245 g/mol. The molecular weight excluding hydrogens is 229 g/mol. The highest BCUT2D eigenvalue weighted by atomic mass is 19.1. The molecule has 0 unspecified atom stereocenters. The summed E-state index contributed by atoms with van der Waals surface area (Å²) >= 11 is 0. The molecule has 0 saturated carbocycles. The van der Waals surface area contributed by atoms with Gasteiger partial charge in [0.15, 0.2) is 11.6 Å². The first-order chi connectivity index (χ1) is 8.81. The maximum atomic E-state index is 13.4. The molecule has 2 aromatic carbocycles. The van der Waals surface area contributed by atoms with Gasteiger partial charge in [-0.2, -0.15) is 0 Å². The number of benzene rings is 2. The summed E-state index contributed by atoms with van der Waals surface area (Å²) in [5.41, 5.74) is 2.23. The van der Waals surface area contributed by atoms with E-state index in [1.165, 1.54) is 6.07 Å². The van der Waals surface area contributed by atoms with Crippen molar-refractivity contribution >= 4 is 0 Å². The van der Waals surface area contributed by atoms with E-state index in [4.69, 9.17) is 4.74 Å². The van der Waals surface area contributed by atoms with Crippen LogP contribution >= 0.6 is 0 Å². The fourth-order valence-electron chi connectivity index (χ4n) is 1.78. The molecular formula is C15H16FNO. The van der Waals surface area contributed by atoms with Crippen molar-refractivity contribution in [1.82, 2.24) is 5.32 Å². The van der Waals surface area contributed by atoms with Crippen LogP contribution in [0.15, 0.2) is 48.5 Å². The lowest BCUT2D eigenvalue weighted by atomic mass is 10.1. The predicted molar refractivity (Wildman–Crippen MR) is 69.9 cm³/mol. The highest BCUT2D eigenvalue weighted by Crippen LogP contribution is 2.18. The first kappa shape index (κ1) is 12.6. The molecule has 18 heavy (non-hydrogen) atoms. The minimum Gasteiger partial charge on any atom is -0.486 e. The van der Waals surface area contributed by atoms with Gasteiger partial charge in [0.2, 0.25) is 0 Å². The highest BCUT2D eigenvalue weighted by Gasteiger charge is 2.04. The van der Waals surface area contributed by atoms with Gasteiger partial charge in [-0.3, -0.25) is 0 Å². The Morgan fingerprint density at radius 1 is 1.00 bits per heavy atom. The number of halogens is 1. The van der Waals surface area contributed by atoms with Crippen LogP contribution in [0.1, 0.15) is 11.1 Å². The molecule has 0 aliphatic heterocycles. The molecule has 0 aromatic heterocycles. The number of hydrogen-bond donors (Lipinski definition) is 1. The van der Waals surface area contributed by atoms with Crippen molar-refractivity contribution in [3.05, 3.63) is 65.5 Å². The Morgan fingerprint density at radius 3 is 2.39 bits per heavy atom. The van der Waals surface area contributed by atoms with Gasteiger partial charge in [0, 0.05) is 6.54 Å². The summed E-state index contributed by atoms with van der Waals surface area (Å²) in [5.74, 6) is -0.0413. The van der Waals surface area contributed by atoms with Crippen LogP contribution in [-0.2, 0) is 13.2 Å². The van der Waals surface area contributed by atoms with Gasteiger partial charge in [-0.15, -0.1) is 0 Å². The molecule has 2 nitrogen and oxygen atoms in total. The largest absolute Gasteiger partial charge is 0.486 e. The second kappa shape index (κ2) is 6.17. The highest BCUT2D eigenvalue weighted by molar-refractivity contribution is 5.28. The van der Waals surface area contributed by atoms with Crippen molar-refractivity contribution in [3.8, 4) is 5.75 Å². The molecule has 2 rings (SSSR count). The zero-order valence-corrected chi connectivity index (χ0v) is 10.3. The number of ether oxygens (including phenoxy) is 1. The SMILES string of the molecule is CNCc1ccccc1COc1ccccc1F. The van der Waals surface area contributed by atoms with Crippen LogP contribution in [0.2, 0.25) is 0 Å². The molecule has 0 radical (unpaired) electrons. The Morgan fingerprint density at radius 2 is 1.67 bits per heavy atom. The second-order valence-corrected chi connectivity index (χ2v) is 4.02. The average Bonchev–Trinajstić information content (AvgIpc) is 2.40. The van der Waals surface area contributed by atoms with E-state index in [2.05, 4.69) is 5.32 Å². The zero-order chi connectivity index (χ0) is 12.8. The maximum Gasteiger partial charge on any atom is 0.165 e. The van der Waals surface area contributed by atoms with Crippen LogP contribution in [-0.4, -0.2) is 7.05 Å². The van der Waals surface area contributed by atoms with Gasteiger partial charge in [-0.05, 0) is 30.3 Å². The third-order valence-corrected chi connectivity index (χ3v) is 2.71. The van der Waals surface area contributed by atoms with Crippen molar-refractivity contribution in [2.24, 2.45) is 0 Å². The Bertz CT molecular complexity index is 513. The minimum atomic E-state index is -0.330. The van der Waals surface area contributed by atoms with E-state index in [0.717, 1.165) is 17.7 Å². The molecule has 0 saturated heterocycles. The normalized spacial score (nSPS) is 10.3. The van der Waals surface area contributed by atoms with Crippen molar-refractivity contribution in [2.45, 2.75) is 13.2 Å². The summed E-state index contributed by atoms with van der Waals surface area (Å²) in [7, 11) is 1.90. The van der Waals surface area contributed by atoms with Crippen molar-refractivity contribution in [3.63, 3.8) is 0 Å². The van der Waals surface area contributed by atoms with Crippen LogP contribution in [0, 0.1) is 5.82 Å². The molecule has 3 heteroatoms. The van der Waals surface area contributed by atoms with E-state index in [1.54, 1.807) is 18.2 Å². The summed E-state index contributed by atoms with van der Waals surface area (Å²) in [4.78, 5) is 0. The molecule has 2 aromatic rings. The molecule has 1 N–H and O–H groups in total. The third-order valence-electron chi connectivity index (χ3n) is 2.71. The van der Waals surface area contributed by atoms with Gasteiger partial charge in [0.25, 0.3) is 0 Å². The molecule has 0 aliphatic carbocycles. The molecule has 0 spiro atoms. The Balaban J connectivity index is 2.08. The van der Waals surface area contributed by atoms with Gasteiger partial charge < -0.3 is 10.1 Å². The summed E-state index contributed by atoms with van der Waals surface area (Å²) in [6.45, 7) is 1.15. The summed E-state index contributed by atoms with van der Waals surface area (Å²) in [6, 6.07) is 14.4. The number of nitrogens with one attached hydrogen (secondary N) is 1. The summed E-state index contributed by atoms with van der Waals surface area (Å²) < 4.78 is 18.9. The number of rotatable bonds is 5. The van der Waals surface area contributed by atoms with Gasteiger partial charge >= 0.3 is 0 Å². The van der Waals surface area contributed by atoms with Crippen LogP contribution in [0.25, 0.3) is 0 Å². The van der Waals surface area contributed by atoms with Gasteiger partial charge in [-0.25, -0.2) is 4.39 Å². The lowest BCUT2D eigenvalue weighted by Gasteiger charge is -2.11. The molecule has 94 valence electrons. The average molecular weight is 245 g/mol. The van der Waals surface area contributed by atoms with Crippen molar-refractivity contribution < 1.29 is 9.13 Å². The Kier molecular flexibility index (Phi) is 4.31. The molecule has 0 atom stereocenters. The van der Waals surface area contributed by atoms with Crippen LogP contribution in [0.5, 0.6) is 5.75 Å². The van der Waals surface area contributed by atoms with E-state index >= 15 is 0 Å².